The molecule has 0 aliphatic rings. The van der Waals surface area contributed by atoms with Crippen molar-refractivity contribution in [3.8, 4) is 0 Å². The number of nitrogens with zero attached hydrogens (tertiary/aromatic N) is 2. The zero-order valence-electron chi connectivity index (χ0n) is 10.3. The second-order valence-corrected chi connectivity index (χ2v) is 5.24. The van der Waals surface area contributed by atoms with Gasteiger partial charge in [0.25, 0.3) is 0 Å². The van der Waals surface area contributed by atoms with Crippen molar-refractivity contribution in [1.29, 1.82) is 0 Å². The molecule has 2 aromatic rings. The maximum atomic E-state index is 8.75. The Balaban J connectivity index is 2.17. The summed E-state index contributed by atoms with van der Waals surface area (Å²) in [7, 11) is 0. The maximum Gasteiger partial charge on any atom is 0.189 e. The van der Waals surface area contributed by atoms with Crippen LogP contribution in [0.25, 0.3) is 0 Å². The smallest absolute Gasteiger partial charge is 0.189 e. The van der Waals surface area contributed by atoms with Gasteiger partial charge in [0, 0.05) is 28.5 Å². The molecule has 0 spiro atoms. The van der Waals surface area contributed by atoms with E-state index < -0.39 is 0 Å². The van der Waals surface area contributed by atoms with Gasteiger partial charge in [0.2, 0.25) is 0 Å². The van der Waals surface area contributed by atoms with Crippen LogP contribution in [0.15, 0.2) is 46.2 Å². The van der Waals surface area contributed by atoms with E-state index >= 15 is 0 Å². The third-order valence-corrected chi connectivity index (χ3v) is 3.86. The number of rotatable bonds is 4. The van der Waals surface area contributed by atoms with E-state index in [-0.39, 0.29) is 5.84 Å². The number of amidine groups is 1. The van der Waals surface area contributed by atoms with Crippen LogP contribution in [0.2, 0.25) is 5.02 Å². The summed E-state index contributed by atoms with van der Waals surface area (Å²) < 4.78 is 0.812. The normalized spacial score (nSPS) is 11.4. The molecule has 7 heteroatoms. The number of aromatic nitrogens is 1. The van der Waals surface area contributed by atoms with Gasteiger partial charge in [-0.25, -0.2) is 0 Å². The number of pyridine rings is 1. The monoisotopic (exact) mass is 354 g/mol. The van der Waals surface area contributed by atoms with Gasteiger partial charge in [-0.2, -0.15) is 0 Å². The molecule has 0 saturated heterocycles. The first-order chi connectivity index (χ1) is 9.61. The van der Waals surface area contributed by atoms with Crippen LogP contribution in [-0.2, 0) is 6.54 Å². The number of halogens is 2. The van der Waals surface area contributed by atoms with Gasteiger partial charge < -0.3 is 16.3 Å². The summed E-state index contributed by atoms with van der Waals surface area (Å²) in [5.74, 6) is -0.0142. The first-order valence-electron chi connectivity index (χ1n) is 5.72. The number of nitrogens with two attached hydrogens (primary N) is 1. The van der Waals surface area contributed by atoms with Crippen molar-refractivity contribution in [3.05, 3.63) is 57.3 Å². The van der Waals surface area contributed by atoms with E-state index in [9.17, 15) is 0 Å². The Bertz CT molecular complexity index is 648. The highest BCUT2D eigenvalue weighted by molar-refractivity contribution is 9.10. The van der Waals surface area contributed by atoms with Crippen molar-refractivity contribution in [2.75, 3.05) is 5.32 Å². The van der Waals surface area contributed by atoms with Crippen molar-refractivity contribution in [1.82, 2.24) is 4.98 Å². The average Bonchev–Trinajstić information content (AvgIpc) is 2.48. The van der Waals surface area contributed by atoms with Crippen molar-refractivity contribution < 1.29 is 5.21 Å². The lowest BCUT2D eigenvalue weighted by Crippen LogP contribution is -2.18. The lowest BCUT2D eigenvalue weighted by molar-refractivity contribution is 0.318. The van der Waals surface area contributed by atoms with Crippen LogP contribution in [0.3, 0.4) is 0 Å². The largest absolute Gasteiger partial charge is 0.409 e. The number of anilines is 1. The predicted octanol–water partition coefficient (Wildman–Crippen LogP) is 3.20. The number of nitrogens with one attached hydrogen (secondary N) is 1. The van der Waals surface area contributed by atoms with Crippen LogP contribution < -0.4 is 11.1 Å². The Morgan fingerprint density at radius 2 is 2.25 bits per heavy atom. The van der Waals surface area contributed by atoms with E-state index in [1.807, 2.05) is 18.2 Å². The molecule has 0 saturated carbocycles. The molecule has 0 fully saturated rings. The van der Waals surface area contributed by atoms with Crippen LogP contribution >= 0.6 is 27.5 Å². The molecular weight excluding hydrogens is 344 g/mol. The van der Waals surface area contributed by atoms with E-state index in [1.54, 1.807) is 18.3 Å². The Hall–Kier alpha value is -1.79. The van der Waals surface area contributed by atoms with Crippen molar-refractivity contribution in [2.45, 2.75) is 6.54 Å². The average molecular weight is 356 g/mol. The Kier molecular flexibility index (Phi) is 4.81. The fraction of sp³-hybridized carbons (Fsp3) is 0.0769. The van der Waals surface area contributed by atoms with Crippen molar-refractivity contribution in [3.63, 3.8) is 0 Å². The highest BCUT2D eigenvalue weighted by Crippen LogP contribution is 2.25. The molecular formula is C13H12BrClN4O. The lowest BCUT2D eigenvalue weighted by Gasteiger charge is -2.10. The Labute approximate surface area is 129 Å². The van der Waals surface area contributed by atoms with Gasteiger partial charge in [-0.15, -0.1) is 0 Å². The van der Waals surface area contributed by atoms with Gasteiger partial charge in [-0.05, 0) is 40.2 Å². The maximum absolute atomic E-state index is 8.75. The summed E-state index contributed by atoms with van der Waals surface area (Å²) in [5, 5.41) is 15.6. The van der Waals surface area contributed by atoms with Crippen molar-refractivity contribution in [2.24, 2.45) is 10.9 Å². The minimum Gasteiger partial charge on any atom is -0.409 e. The van der Waals surface area contributed by atoms with Gasteiger partial charge >= 0.3 is 0 Å². The highest BCUT2D eigenvalue weighted by Gasteiger charge is 2.08. The summed E-state index contributed by atoms with van der Waals surface area (Å²) in [5.41, 5.74) is 7.77. The third kappa shape index (κ3) is 3.40. The first-order valence-corrected chi connectivity index (χ1v) is 6.89. The van der Waals surface area contributed by atoms with E-state index in [4.69, 9.17) is 22.5 Å². The first kappa shape index (κ1) is 14.6. The summed E-state index contributed by atoms with van der Waals surface area (Å²) in [4.78, 5) is 4.11. The highest BCUT2D eigenvalue weighted by atomic mass is 79.9. The zero-order valence-corrected chi connectivity index (χ0v) is 12.7. The number of hydrogen-bond donors (Lipinski definition) is 3. The lowest BCUT2D eigenvalue weighted by atomic mass is 10.1. The van der Waals surface area contributed by atoms with Gasteiger partial charge in [0.1, 0.15) is 5.69 Å². The second kappa shape index (κ2) is 6.58. The van der Waals surface area contributed by atoms with Gasteiger partial charge in [-0.1, -0.05) is 22.8 Å². The third-order valence-electron chi connectivity index (χ3n) is 2.64. The van der Waals surface area contributed by atoms with E-state index in [0.717, 1.165) is 15.7 Å². The molecule has 0 aliphatic heterocycles. The minimum atomic E-state index is -0.0142. The van der Waals surface area contributed by atoms with Crippen molar-refractivity contribution >= 4 is 39.1 Å². The molecule has 0 amide bonds. The Morgan fingerprint density at radius 1 is 1.45 bits per heavy atom. The fourth-order valence-electron chi connectivity index (χ4n) is 1.66. The molecule has 0 radical (unpaired) electrons. The molecule has 4 N–H and O–H groups in total. The Morgan fingerprint density at radius 3 is 2.95 bits per heavy atom. The van der Waals surface area contributed by atoms with Crippen LogP contribution in [0.4, 0.5) is 5.69 Å². The zero-order chi connectivity index (χ0) is 14.5. The summed E-state index contributed by atoms with van der Waals surface area (Å²) >= 11 is 9.30. The molecule has 1 aromatic heterocycles. The van der Waals surface area contributed by atoms with E-state index in [1.165, 1.54) is 0 Å². The van der Waals surface area contributed by atoms with Gasteiger partial charge in [-0.3, -0.25) is 4.98 Å². The molecule has 5 nitrogen and oxygen atoms in total. The van der Waals surface area contributed by atoms with E-state index in [2.05, 4.69) is 31.4 Å². The molecule has 0 bridgehead atoms. The standard InChI is InChI=1S/C13H12BrClN4O/c14-10-6-9(3-4-11(10)15)18-7-8-2-1-5-17-12(8)13(16)19-20/h1-6,18,20H,7H2,(H2,16,19). The number of oxime groups is 1. The number of hydrogen-bond acceptors (Lipinski definition) is 4. The van der Waals surface area contributed by atoms with Gasteiger partial charge in [0.05, 0.1) is 5.02 Å². The molecule has 2 rings (SSSR count). The van der Waals surface area contributed by atoms with Crippen LogP contribution in [0.1, 0.15) is 11.3 Å². The molecule has 1 aromatic carbocycles. The molecule has 0 atom stereocenters. The number of benzene rings is 1. The predicted molar refractivity (Wildman–Crippen MR) is 83.2 cm³/mol. The van der Waals surface area contributed by atoms with Crippen LogP contribution in [-0.4, -0.2) is 16.0 Å². The quantitative estimate of drug-likeness (QED) is 0.340. The summed E-state index contributed by atoms with van der Waals surface area (Å²) in [6.45, 7) is 0.494. The topological polar surface area (TPSA) is 83.5 Å². The molecule has 0 aliphatic carbocycles. The minimum absolute atomic E-state index is 0.0142. The molecule has 1 heterocycles. The van der Waals surface area contributed by atoms with E-state index in [0.29, 0.717) is 17.3 Å². The molecule has 0 unspecified atom stereocenters. The summed E-state index contributed by atoms with van der Waals surface area (Å²) in [6.07, 6.45) is 1.59. The van der Waals surface area contributed by atoms with Crippen LogP contribution in [0, 0.1) is 0 Å². The summed E-state index contributed by atoms with van der Waals surface area (Å²) in [6, 6.07) is 9.19. The second-order valence-electron chi connectivity index (χ2n) is 3.98. The van der Waals surface area contributed by atoms with Gasteiger partial charge in [0.15, 0.2) is 5.84 Å². The van der Waals surface area contributed by atoms with Crippen LogP contribution in [0.5, 0.6) is 0 Å². The fourth-order valence-corrected chi connectivity index (χ4v) is 2.16. The molecule has 104 valence electrons. The molecule has 20 heavy (non-hydrogen) atoms. The SMILES string of the molecule is N/C(=N/O)c1ncccc1CNc1ccc(Cl)c(Br)c1.